The van der Waals surface area contributed by atoms with Crippen molar-refractivity contribution >= 4 is 51.8 Å². The van der Waals surface area contributed by atoms with E-state index in [4.69, 9.17) is 0 Å². The Morgan fingerprint density at radius 1 is 1.14 bits per heavy atom. The molecule has 1 amide bonds. The topological polar surface area (TPSA) is 83.3 Å². The standard InChI is InChI=1S/C19H27BrN6O.HI/c1-2-21-19(24-12-4-14-26-15-5-13-25-26)23-11-3-10-22-18(27)16-6-8-17(20)9-7-16;/h5-9,13,15H,2-4,10-12,14H2,1H3,(H,22,27)(H2,21,23,24);1H. The van der Waals surface area contributed by atoms with Crippen molar-refractivity contribution in [1.82, 2.24) is 25.7 Å². The lowest BCUT2D eigenvalue weighted by Gasteiger charge is -2.11. The first kappa shape index (κ1) is 24.4. The van der Waals surface area contributed by atoms with E-state index >= 15 is 0 Å². The van der Waals surface area contributed by atoms with E-state index in [0.717, 1.165) is 49.5 Å². The zero-order valence-electron chi connectivity index (χ0n) is 16.0. The van der Waals surface area contributed by atoms with E-state index in [2.05, 4.69) is 42.0 Å². The molecule has 0 aliphatic carbocycles. The van der Waals surface area contributed by atoms with Crippen molar-refractivity contribution < 1.29 is 4.79 Å². The highest BCUT2D eigenvalue weighted by molar-refractivity contribution is 14.0. The molecule has 0 fully saturated rings. The Labute approximate surface area is 191 Å². The van der Waals surface area contributed by atoms with Gasteiger partial charge in [-0.05, 0) is 50.1 Å². The van der Waals surface area contributed by atoms with Crippen molar-refractivity contribution in [2.75, 3.05) is 26.2 Å². The van der Waals surface area contributed by atoms with Crippen LogP contribution < -0.4 is 16.0 Å². The Morgan fingerprint density at radius 3 is 2.57 bits per heavy atom. The normalized spacial score (nSPS) is 10.9. The fourth-order valence-electron chi connectivity index (χ4n) is 2.40. The molecule has 2 aromatic rings. The summed E-state index contributed by atoms with van der Waals surface area (Å²) in [6, 6.07) is 9.25. The number of nitrogens with one attached hydrogen (secondary N) is 3. The molecule has 9 heteroatoms. The van der Waals surface area contributed by atoms with Gasteiger partial charge in [-0.2, -0.15) is 5.10 Å². The Bertz CT molecular complexity index is 706. The van der Waals surface area contributed by atoms with Gasteiger partial charge in [0.25, 0.3) is 5.91 Å². The quantitative estimate of drug-likeness (QED) is 0.180. The van der Waals surface area contributed by atoms with Gasteiger partial charge in [-0.25, -0.2) is 0 Å². The van der Waals surface area contributed by atoms with Crippen molar-refractivity contribution in [3.63, 3.8) is 0 Å². The lowest BCUT2D eigenvalue weighted by Crippen LogP contribution is -2.39. The number of aryl methyl sites for hydroxylation is 1. The number of guanidine groups is 1. The summed E-state index contributed by atoms with van der Waals surface area (Å²) in [4.78, 5) is 16.6. The van der Waals surface area contributed by atoms with E-state index in [0.29, 0.717) is 12.1 Å². The number of hydrogen-bond acceptors (Lipinski definition) is 3. The number of carbonyl (C=O) groups excluding carboxylic acids is 1. The van der Waals surface area contributed by atoms with Crippen LogP contribution in [0.15, 0.2) is 52.2 Å². The summed E-state index contributed by atoms with van der Waals surface area (Å²) < 4.78 is 2.87. The molecule has 3 N–H and O–H groups in total. The lowest BCUT2D eigenvalue weighted by molar-refractivity contribution is 0.0953. The van der Waals surface area contributed by atoms with E-state index in [1.807, 2.05) is 36.0 Å². The van der Waals surface area contributed by atoms with Crippen molar-refractivity contribution in [3.05, 3.63) is 52.8 Å². The largest absolute Gasteiger partial charge is 0.357 e. The van der Waals surface area contributed by atoms with E-state index < -0.39 is 0 Å². The first-order valence-corrected chi connectivity index (χ1v) is 10.0. The Balaban J connectivity index is 0.00000392. The van der Waals surface area contributed by atoms with Crippen LogP contribution in [-0.2, 0) is 6.54 Å². The second-order valence-corrected chi connectivity index (χ2v) is 6.84. The number of amides is 1. The monoisotopic (exact) mass is 562 g/mol. The van der Waals surface area contributed by atoms with Crippen LogP contribution >= 0.6 is 39.9 Å². The molecule has 1 aromatic carbocycles. The summed E-state index contributed by atoms with van der Waals surface area (Å²) in [6.07, 6.45) is 5.49. The molecular weight excluding hydrogens is 535 g/mol. The Hall–Kier alpha value is -1.62. The summed E-state index contributed by atoms with van der Waals surface area (Å²) in [5.74, 6) is 0.749. The second kappa shape index (κ2) is 14.4. The summed E-state index contributed by atoms with van der Waals surface area (Å²) in [6.45, 7) is 5.80. The van der Waals surface area contributed by atoms with Gasteiger partial charge in [0.1, 0.15) is 0 Å². The van der Waals surface area contributed by atoms with Crippen molar-refractivity contribution in [3.8, 4) is 0 Å². The lowest BCUT2D eigenvalue weighted by atomic mass is 10.2. The summed E-state index contributed by atoms with van der Waals surface area (Å²) in [5.41, 5.74) is 0.665. The van der Waals surface area contributed by atoms with E-state index in [9.17, 15) is 4.79 Å². The third-order valence-corrected chi connectivity index (χ3v) is 4.29. The fourth-order valence-corrected chi connectivity index (χ4v) is 2.66. The first-order chi connectivity index (χ1) is 13.2. The van der Waals surface area contributed by atoms with Gasteiger partial charge in [0, 0.05) is 55.2 Å². The van der Waals surface area contributed by atoms with E-state index in [1.54, 1.807) is 18.3 Å². The predicted octanol–water partition coefficient (Wildman–Crippen LogP) is 3.03. The predicted molar refractivity (Wildman–Crippen MR) is 127 cm³/mol. The number of nitrogens with zero attached hydrogens (tertiary/aromatic N) is 3. The average Bonchev–Trinajstić information content (AvgIpc) is 3.18. The van der Waals surface area contributed by atoms with Crippen LogP contribution in [0.2, 0.25) is 0 Å². The minimum absolute atomic E-state index is 0. The number of carbonyl (C=O) groups is 1. The van der Waals surface area contributed by atoms with Crippen molar-refractivity contribution in [2.45, 2.75) is 26.3 Å². The fraction of sp³-hybridized carbons (Fsp3) is 0.421. The number of rotatable bonds is 10. The zero-order valence-corrected chi connectivity index (χ0v) is 19.9. The average molecular weight is 563 g/mol. The van der Waals surface area contributed by atoms with Gasteiger partial charge in [-0.15, -0.1) is 24.0 Å². The SMILES string of the molecule is CCNC(=NCCCn1cccn1)NCCCNC(=O)c1ccc(Br)cc1.I. The first-order valence-electron chi connectivity index (χ1n) is 9.22. The van der Waals surface area contributed by atoms with Crippen LogP contribution in [-0.4, -0.2) is 47.8 Å². The number of aromatic nitrogens is 2. The third kappa shape index (κ3) is 9.54. The molecule has 0 saturated heterocycles. The minimum Gasteiger partial charge on any atom is -0.357 e. The molecule has 0 unspecified atom stereocenters. The van der Waals surface area contributed by atoms with Gasteiger partial charge in [0.2, 0.25) is 0 Å². The number of halogens is 2. The van der Waals surface area contributed by atoms with Crippen LogP contribution in [0.25, 0.3) is 0 Å². The summed E-state index contributed by atoms with van der Waals surface area (Å²) in [5, 5.41) is 13.6. The van der Waals surface area contributed by atoms with Gasteiger partial charge < -0.3 is 16.0 Å². The maximum atomic E-state index is 12.0. The molecule has 0 radical (unpaired) electrons. The smallest absolute Gasteiger partial charge is 0.251 e. The van der Waals surface area contributed by atoms with Crippen LogP contribution in [0.1, 0.15) is 30.1 Å². The van der Waals surface area contributed by atoms with Gasteiger partial charge in [0.05, 0.1) is 0 Å². The van der Waals surface area contributed by atoms with Gasteiger partial charge in [-0.1, -0.05) is 15.9 Å². The van der Waals surface area contributed by atoms with Crippen LogP contribution in [0.3, 0.4) is 0 Å². The maximum Gasteiger partial charge on any atom is 0.251 e. The highest BCUT2D eigenvalue weighted by atomic mass is 127. The molecule has 1 aromatic heterocycles. The molecule has 0 aliphatic rings. The summed E-state index contributed by atoms with van der Waals surface area (Å²) >= 11 is 3.36. The maximum absolute atomic E-state index is 12.0. The highest BCUT2D eigenvalue weighted by Gasteiger charge is 2.04. The molecule has 28 heavy (non-hydrogen) atoms. The number of aliphatic imine (C=N–C) groups is 1. The molecule has 2 rings (SSSR count). The Kier molecular flexibility index (Phi) is 12.5. The second-order valence-electron chi connectivity index (χ2n) is 5.93. The van der Waals surface area contributed by atoms with E-state index in [1.165, 1.54) is 0 Å². The molecule has 0 atom stereocenters. The van der Waals surface area contributed by atoms with Crippen molar-refractivity contribution in [2.24, 2.45) is 4.99 Å². The number of benzene rings is 1. The van der Waals surface area contributed by atoms with Crippen LogP contribution in [0.5, 0.6) is 0 Å². The molecule has 1 heterocycles. The summed E-state index contributed by atoms with van der Waals surface area (Å²) in [7, 11) is 0. The van der Waals surface area contributed by atoms with Crippen molar-refractivity contribution in [1.29, 1.82) is 0 Å². The highest BCUT2D eigenvalue weighted by Crippen LogP contribution is 2.10. The third-order valence-electron chi connectivity index (χ3n) is 3.76. The zero-order chi connectivity index (χ0) is 19.3. The van der Waals surface area contributed by atoms with Gasteiger partial charge in [0.15, 0.2) is 5.96 Å². The molecule has 0 spiro atoms. The molecule has 0 bridgehead atoms. The molecule has 154 valence electrons. The van der Waals surface area contributed by atoms with Gasteiger partial charge >= 0.3 is 0 Å². The number of hydrogen-bond donors (Lipinski definition) is 3. The molecular formula is C19H28BrIN6O. The van der Waals surface area contributed by atoms with Gasteiger partial charge in [-0.3, -0.25) is 14.5 Å². The molecule has 7 nitrogen and oxygen atoms in total. The van der Waals surface area contributed by atoms with Crippen LogP contribution in [0, 0.1) is 0 Å². The molecule has 0 aliphatic heterocycles. The molecule has 0 saturated carbocycles. The minimum atomic E-state index is -0.0540. The Morgan fingerprint density at radius 2 is 1.89 bits per heavy atom. The van der Waals surface area contributed by atoms with Crippen LogP contribution in [0.4, 0.5) is 0 Å². The van der Waals surface area contributed by atoms with E-state index in [-0.39, 0.29) is 29.9 Å².